The highest BCUT2D eigenvalue weighted by molar-refractivity contribution is 9.10. The average Bonchev–Trinajstić information content (AvgIpc) is 2.14. The van der Waals surface area contributed by atoms with Crippen LogP contribution in [-0.4, -0.2) is 16.4 Å². The van der Waals surface area contributed by atoms with Crippen molar-refractivity contribution in [3.63, 3.8) is 0 Å². The van der Waals surface area contributed by atoms with Crippen molar-refractivity contribution >= 4 is 33.4 Å². The van der Waals surface area contributed by atoms with Gasteiger partial charge in [0.2, 0.25) is 5.91 Å². The first-order valence-corrected chi connectivity index (χ1v) is 6.09. The number of carbonyl (C=O) groups is 1. The van der Waals surface area contributed by atoms with Gasteiger partial charge in [-0.15, -0.1) is 11.6 Å². The fraction of sp³-hybridized carbons (Fsp3) is 0.455. The first-order valence-electron chi connectivity index (χ1n) is 4.86. The summed E-state index contributed by atoms with van der Waals surface area (Å²) in [6.45, 7) is 5.73. The van der Waals surface area contributed by atoms with Gasteiger partial charge in [0.25, 0.3) is 0 Å². The first kappa shape index (κ1) is 13.5. The van der Waals surface area contributed by atoms with Gasteiger partial charge in [0.15, 0.2) is 0 Å². The van der Waals surface area contributed by atoms with E-state index >= 15 is 0 Å². The van der Waals surface area contributed by atoms with Crippen molar-refractivity contribution in [2.45, 2.75) is 31.7 Å². The van der Waals surface area contributed by atoms with Gasteiger partial charge in [-0.2, -0.15) is 0 Å². The lowest BCUT2D eigenvalue weighted by molar-refractivity contribution is -0.122. The Kier molecular flexibility index (Phi) is 4.33. The molecule has 0 saturated carbocycles. The third-order valence-corrected chi connectivity index (χ3v) is 2.63. The molecule has 1 atom stereocenters. The molecule has 0 radical (unpaired) electrons. The van der Waals surface area contributed by atoms with E-state index in [1.807, 2.05) is 20.8 Å². The number of alkyl halides is 1. The first-order chi connectivity index (χ1) is 7.29. The van der Waals surface area contributed by atoms with E-state index in [0.29, 0.717) is 5.56 Å². The Morgan fingerprint density at radius 1 is 1.50 bits per heavy atom. The van der Waals surface area contributed by atoms with E-state index in [9.17, 15) is 4.79 Å². The van der Waals surface area contributed by atoms with E-state index in [2.05, 4.69) is 26.2 Å². The summed E-state index contributed by atoms with van der Waals surface area (Å²) in [5, 5.41) is 2.10. The Morgan fingerprint density at radius 3 is 2.62 bits per heavy atom. The zero-order valence-electron chi connectivity index (χ0n) is 9.42. The largest absolute Gasteiger partial charge is 0.350 e. The van der Waals surface area contributed by atoms with E-state index in [-0.39, 0.29) is 11.4 Å². The molecule has 1 unspecified atom stereocenters. The molecule has 0 saturated heterocycles. The van der Waals surface area contributed by atoms with Gasteiger partial charge in [0.05, 0.1) is 0 Å². The van der Waals surface area contributed by atoms with Crippen LogP contribution in [0.5, 0.6) is 0 Å². The van der Waals surface area contributed by atoms with Crippen LogP contribution in [0.4, 0.5) is 0 Å². The quantitative estimate of drug-likeness (QED) is 0.853. The summed E-state index contributed by atoms with van der Waals surface area (Å²) in [5.74, 6) is -0.214. The second kappa shape index (κ2) is 5.15. The third-order valence-electron chi connectivity index (χ3n) is 1.75. The van der Waals surface area contributed by atoms with Crippen molar-refractivity contribution in [1.29, 1.82) is 0 Å². The number of carbonyl (C=O) groups excluding carboxylic acids is 1. The number of amides is 1. The van der Waals surface area contributed by atoms with Crippen molar-refractivity contribution in [3.05, 3.63) is 28.5 Å². The molecule has 1 heterocycles. The fourth-order valence-electron chi connectivity index (χ4n) is 1.15. The van der Waals surface area contributed by atoms with E-state index in [1.165, 1.54) is 0 Å². The average molecular weight is 306 g/mol. The van der Waals surface area contributed by atoms with Crippen molar-refractivity contribution in [2.24, 2.45) is 0 Å². The van der Waals surface area contributed by atoms with Crippen LogP contribution in [0.15, 0.2) is 22.9 Å². The number of pyridine rings is 1. The molecule has 0 spiro atoms. The molecule has 0 aromatic carbocycles. The maximum Gasteiger partial charge on any atom is 0.243 e. The lowest BCUT2D eigenvalue weighted by atomic mass is 10.1. The smallest absolute Gasteiger partial charge is 0.243 e. The molecule has 16 heavy (non-hydrogen) atoms. The Balaban J connectivity index is 2.78. The second-order valence-corrected chi connectivity index (χ2v) is 5.89. The van der Waals surface area contributed by atoms with E-state index < -0.39 is 5.38 Å². The molecule has 1 aromatic rings. The predicted molar refractivity (Wildman–Crippen MR) is 68.4 cm³/mol. The van der Waals surface area contributed by atoms with Crippen molar-refractivity contribution in [1.82, 2.24) is 10.3 Å². The molecular weight excluding hydrogens is 291 g/mol. The zero-order valence-corrected chi connectivity index (χ0v) is 11.8. The van der Waals surface area contributed by atoms with Crippen molar-refractivity contribution < 1.29 is 4.79 Å². The second-order valence-electron chi connectivity index (χ2n) is 4.54. The van der Waals surface area contributed by atoms with E-state index in [1.54, 1.807) is 18.5 Å². The van der Waals surface area contributed by atoms with Gasteiger partial charge in [0, 0.05) is 22.4 Å². The highest BCUT2D eigenvalue weighted by Crippen LogP contribution is 2.23. The normalized spacial score (nSPS) is 13.3. The number of nitrogens with one attached hydrogen (secondary N) is 1. The van der Waals surface area contributed by atoms with Crippen LogP contribution in [0.3, 0.4) is 0 Å². The molecule has 1 aromatic heterocycles. The molecule has 1 N–H and O–H groups in total. The maximum absolute atomic E-state index is 11.8. The van der Waals surface area contributed by atoms with Crippen LogP contribution in [0.2, 0.25) is 0 Å². The van der Waals surface area contributed by atoms with Gasteiger partial charge in [0.1, 0.15) is 5.38 Å². The van der Waals surface area contributed by atoms with Crippen LogP contribution >= 0.6 is 27.5 Å². The number of nitrogens with zero attached hydrogens (tertiary/aromatic N) is 1. The number of aromatic nitrogens is 1. The molecule has 0 aliphatic carbocycles. The highest BCUT2D eigenvalue weighted by Gasteiger charge is 2.22. The highest BCUT2D eigenvalue weighted by atomic mass is 79.9. The summed E-state index contributed by atoms with van der Waals surface area (Å²) in [7, 11) is 0. The van der Waals surface area contributed by atoms with Gasteiger partial charge in [-0.3, -0.25) is 9.78 Å². The van der Waals surface area contributed by atoms with E-state index in [4.69, 9.17) is 11.6 Å². The van der Waals surface area contributed by atoms with Gasteiger partial charge in [-0.1, -0.05) is 0 Å². The van der Waals surface area contributed by atoms with Crippen molar-refractivity contribution in [3.8, 4) is 0 Å². The number of hydrogen-bond donors (Lipinski definition) is 1. The van der Waals surface area contributed by atoms with Crippen LogP contribution in [0, 0.1) is 0 Å². The molecule has 1 amide bonds. The molecule has 0 aliphatic rings. The summed E-state index contributed by atoms with van der Waals surface area (Å²) < 4.78 is 0.805. The third kappa shape index (κ3) is 4.10. The summed E-state index contributed by atoms with van der Waals surface area (Å²) in [6, 6.07) is 1.78. The van der Waals surface area contributed by atoms with Gasteiger partial charge in [-0.05, 0) is 48.3 Å². The molecule has 0 fully saturated rings. The number of rotatable bonds is 2. The minimum atomic E-state index is -0.718. The summed E-state index contributed by atoms with van der Waals surface area (Å²) in [6.07, 6.45) is 3.24. The lowest BCUT2D eigenvalue weighted by Crippen LogP contribution is -2.42. The Hall–Kier alpha value is -0.610. The molecular formula is C11H14BrClN2O. The molecule has 3 nitrogen and oxygen atoms in total. The fourth-order valence-corrected chi connectivity index (χ4v) is 1.71. The van der Waals surface area contributed by atoms with Crippen LogP contribution in [-0.2, 0) is 4.79 Å². The molecule has 88 valence electrons. The number of hydrogen-bond acceptors (Lipinski definition) is 2. The van der Waals surface area contributed by atoms with Gasteiger partial charge in [-0.25, -0.2) is 0 Å². The topological polar surface area (TPSA) is 42.0 Å². The summed E-state index contributed by atoms with van der Waals surface area (Å²) in [4.78, 5) is 15.8. The predicted octanol–water partition coefficient (Wildman–Crippen LogP) is 3.04. The lowest BCUT2D eigenvalue weighted by Gasteiger charge is -2.22. The molecule has 1 rings (SSSR count). The Morgan fingerprint density at radius 2 is 2.12 bits per heavy atom. The maximum atomic E-state index is 11.8. The van der Waals surface area contributed by atoms with Crippen LogP contribution < -0.4 is 5.32 Å². The van der Waals surface area contributed by atoms with Gasteiger partial charge >= 0.3 is 0 Å². The Bertz CT molecular complexity index is 390. The Labute approximate surface area is 109 Å². The zero-order chi connectivity index (χ0) is 12.3. The minimum Gasteiger partial charge on any atom is -0.350 e. The van der Waals surface area contributed by atoms with Crippen molar-refractivity contribution in [2.75, 3.05) is 0 Å². The molecule has 5 heteroatoms. The minimum absolute atomic E-state index is 0.214. The molecule has 0 aliphatic heterocycles. The monoisotopic (exact) mass is 304 g/mol. The van der Waals surface area contributed by atoms with Crippen LogP contribution in [0.1, 0.15) is 31.7 Å². The number of halogens is 2. The van der Waals surface area contributed by atoms with Crippen LogP contribution in [0.25, 0.3) is 0 Å². The SMILES string of the molecule is CC(C)(C)NC(=O)C(Cl)c1cncc(Br)c1. The van der Waals surface area contributed by atoms with Gasteiger partial charge < -0.3 is 5.32 Å². The molecule has 0 bridgehead atoms. The summed E-state index contributed by atoms with van der Waals surface area (Å²) >= 11 is 9.35. The summed E-state index contributed by atoms with van der Waals surface area (Å²) in [5.41, 5.74) is 0.390. The van der Waals surface area contributed by atoms with E-state index in [0.717, 1.165) is 4.47 Å². The standard InChI is InChI=1S/C11H14BrClN2O/c1-11(2,3)15-10(16)9(13)7-4-8(12)6-14-5-7/h4-6,9H,1-3H3,(H,15,16).